The number of benzene rings is 2. The van der Waals surface area contributed by atoms with Gasteiger partial charge < -0.3 is 4.90 Å². The third-order valence-corrected chi connectivity index (χ3v) is 4.65. The van der Waals surface area contributed by atoms with Gasteiger partial charge in [-0.1, -0.05) is 12.1 Å². The summed E-state index contributed by atoms with van der Waals surface area (Å²) in [6, 6.07) is 10.6. The average Bonchev–Trinajstić information content (AvgIpc) is 2.68. The molecule has 9 heteroatoms. The molecule has 0 spiro atoms. The summed E-state index contributed by atoms with van der Waals surface area (Å²) in [5.41, 5.74) is 0.288. The van der Waals surface area contributed by atoms with Gasteiger partial charge in [0, 0.05) is 50.4 Å². The van der Waals surface area contributed by atoms with E-state index >= 15 is 0 Å². The van der Waals surface area contributed by atoms with Crippen LogP contribution in [0.2, 0.25) is 0 Å². The summed E-state index contributed by atoms with van der Waals surface area (Å²) in [6.07, 6.45) is -4.43. The number of piperazine rings is 1. The minimum Gasteiger partial charge on any atom is -0.336 e. The van der Waals surface area contributed by atoms with Crippen LogP contribution in [0.3, 0.4) is 0 Å². The van der Waals surface area contributed by atoms with Gasteiger partial charge in [-0.3, -0.25) is 19.8 Å². The molecule has 1 amide bonds. The van der Waals surface area contributed by atoms with Gasteiger partial charge in [0.1, 0.15) is 0 Å². The van der Waals surface area contributed by atoms with Crippen molar-refractivity contribution in [3.05, 3.63) is 75.3 Å². The number of rotatable bonds is 4. The largest absolute Gasteiger partial charge is 0.416 e. The van der Waals surface area contributed by atoms with Crippen LogP contribution in [0.15, 0.2) is 48.5 Å². The Morgan fingerprint density at radius 3 is 2.25 bits per heavy atom. The van der Waals surface area contributed by atoms with Crippen LogP contribution in [-0.2, 0) is 12.7 Å². The van der Waals surface area contributed by atoms with Crippen molar-refractivity contribution >= 4 is 11.6 Å². The van der Waals surface area contributed by atoms with Gasteiger partial charge in [-0.25, -0.2) is 0 Å². The number of alkyl halides is 3. The second-order valence-electron chi connectivity index (χ2n) is 6.57. The Kier molecular flexibility index (Phi) is 5.64. The fourth-order valence-corrected chi connectivity index (χ4v) is 3.12. The van der Waals surface area contributed by atoms with Gasteiger partial charge in [-0.15, -0.1) is 0 Å². The lowest BCUT2D eigenvalue weighted by molar-refractivity contribution is -0.384. The zero-order chi connectivity index (χ0) is 20.3. The van der Waals surface area contributed by atoms with Crippen LogP contribution in [0, 0.1) is 10.1 Å². The van der Waals surface area contributed by atoms with Crippen molar-refractivity contribution in [2.24, 2.45) is 0 Å². The first kappa shape index (κ1) is 19.8. The minimum atomic E-state index is -4.43. The van der Waals surface area contributed by atoms with Gasteiger partial charge in [-0.2, -0.15) is 13.2 Å². The van der Waals surface area contributed by atoms with E-state index in [9.17, 15) is 28.1 Å². The van der Waals surface area contributed by atoms with Crippen molar-refractivity contribution in [2.45, 2.75) is 12.7 Å². The van der Waals surface area contributed by atoms with Gasteiger partial charge in [0.05, 0.1) is 10.5 Å². The molecule has 0 N–H and O–H groups in total. The summed E-state index contributed by atoms with van der Waals surface area (Å²) in [6.45, 7) is 2.57. The van der Waals surface area contributed by atoms with Gasteiger partial charge >= 0.3 is 6.18 Å². The van der Waals surface area contributed by atoms with E-state index in [1.54, 1.807) is 11.0 Å². The second kappa shape index (κ2) is 7.97. The number of hydrogen-bond donors (Lipinski definition) is 0. The maximum absolute atomic E-state index is 12.6. The molecule has 2 aromatic carbocycles. The topological polar surface area (TPSA) is 66.7 Å². The molecule has 1 heterocycles. The molecule has 0 aromatic heterocycles. The monoisotopic (exact) mass is 393 g/mol. The number of carbonyl (C=O) groups excluding carboxylic acids is 1. The Morgan fingerprint density at radius 1 is 1.04 bits per heavy atom. The highest BCUT2D eigenvalue weighted by molar-refractivity contribution is 5.94. The molecule has 0 unspecified atom stereocenters. The molecule has 6 nitrogen and oxygen atoms in total. The summed E-state index contributed by atoms with van der Waals surface area (Å²) in [5.74, 6) is -0.302. The Labute approximate surface area is 159 Å². The number of carbonyl (C=O) groups is 1. The quantitative estimate of drug-likeness (QED) is 0.588. The Hall–Kier alpha value is -2.94. The van der Waals surface area contributed by atoms with E-state index in [0.29, 0.717) is 32.7 Å². The number of non-ortho nitro benzene ring substituents is 1. The molecule has 3 rings (SSSR count). The zero-order valence-corrected chi connectivity index (χ0v) is 14.9. The van der Waals surface area contributed by atoms with Crippen LogP contribution in [0.4, 0.5) is 18.9 Å². The Morgan fingerprint density at radius 2 is 1.68 bits per heavy atom. The van der Waals surface area contributed by atoms with Crippen molar-refractivity contribution in [1.82, 2.24) is 9.80 Å². The van der Waals surface area contributed by atoms with Crippen molar-refractivity contribution in [3.63, 3.8) is 0 Å². The summed E-state index contributed by atoms with van der Waals surface area (Å²) < 4.78 is 37.9. The molecule has 0 bridgehead atoms. The van der Waals surface area contributed by atoms with E-state index in [1.165, 1.54) is 24.3 Å². The number of halogens is 3. The third-order valence-electron chi connectivity index (χ3n) is 4.65. The van der Waals surface area contributed by atoms with Crippen molar-refractivity contribution in [3.8, 4) is 0 Å². The lowest BCUT2D eigenvalue weighted by Gasteiger charge is -2.34. The van der Waals surface area contributed by atoms with Crippen LogP contribution in [0.1, 0.15) is 21.5 Å². The van der Waals surface area contributed by atoms with E-state index in [1.807, 2.05) is 6.07 Å². The molecule has 1 aliphatic rings. The van der Waals surface area contributed by atoms with Crippen LogP contribution in [0.5, 0.6) is 0 Å². The number of hydrogen-bond acceptors (Lipinski definition) is 4. The predicted octanol–water partition coefficient (Wildman–Crippen LogP) is 3.57. The number of nitro benzene ring substituents is 1. The Balaban J connectivity index is 1.57. The molecule has 1 fully saturated rings. The SMILES string of the molecule is O=C(c1ccc(C(F)(F)F)cc1)N1CCN(Cc2cccc([N+](=O)[O-])c2)CC1. The number of nitrogens with zero attached hydrogens (tertiary/aromatic N) is 3. The van der Waals surface area contributed by atoms with Gasteiger partial charge in [-0.05, 0) is 29.8 Å². The number of nitro groups is 1. The molecule has 0 saturated carbocycles. The molecule has 0 atom stereocenters. The fourth-order valence-electron chi connectivity index (χ4n) is 3.12. The molecular weight excluding hydrogens is 375 g/mol. The smallest absolute Gasteiger partial charge is 0.336 e. The van der Waals surface area contributed by atoms with Gasteiger partial charge in [0.15, 0.2) is 0 Å². The summed E-state index contributed by atoms with van der Waals surface area (Å²) in [5, 5.41) is 10.9. The first-order valence-corrected chi connectivity index (χ1v) is 8.66. The lowest BCUT2D eigenvalue weighted by Crippen LogP contribution is -2.48. The van der Waals surface area contributed by atoms with E-state index in [4.69, 9.17) is 0 Å². The molecule has 148 valence electrons. The molecular formula is C19H18F3N3O3. The van der Waals surface area contributed by atoms with Gasteiger partial charge in [0.2, 0.25) is 0 Å². The van der Waals surface area contributed by atoms with Gasteiger partial charge in [0.25, 0.3) is 11.6 Å². The Bertz CT molecular complexity index is 861. The van der Waals surface area contributed by atoms with Crippen molar-refractivity contribution in [2.75, 3.05) is 26.2 Å². The summed E-state index contributed by atoms with van der Waals surface area (Å²) in [4.78, 5) is 26.6. The molecule has 0 radical (unpaired) electrons. The standard InChI is InChI=1S/C19H18F3N3O3/c20-19(21,22)16-6-4-15(5-7-16)18(26)24-10-8-23(9-11-24)13-14-2-1-3-17(12-14)25(27)28/h1-7,12H,8-11,13H2. The van der Waals surface area contributed by atoms with Crippen molar-refractivity contribution in [1.29, 1.82) is 0 Å². The summed E-state index contributed by atoms with van der Waals surface area (Å²) >= 11 is 0. The maximum Gasteiger partial charge on any atom is 0.416 e. The first-order valence-electron chi connectivity index (χ1n) is 8.66. The zero-order valence-electron chi connectivity index (χ0n) is 14.9. The van der Waals surface area contributed by atoms with Crippen LogP contribution in [0.25, 0.3) is 0 Å². The highest BCUT2D eigenvalue weighted by Gasteiger charge is 2.30. The first-order chi connectivity index (χ1) is 13.2. The van der Waals surface area contributed by atoms with E-state index in [0.717, 1.165) is 17.7 Å². The molecule has 28 heavy (non-hydrogen) atoms. The molecule has 0 aliphatic carbocycles. The number of amides is 1. The normalized spacial score (nSPS) is 15.5. The molecule has 1 saturated heterocycles. The molecule has 2 aromatic rings. The fraction of sp³-hybridized carbons (Fsp3) is 0.316. The third kappa shape index (κ3) is 4.66. The lowest BCUT2D eigenvalue weighted by atomic mass is 10.1. The highest BCUT2D eigenvalue weighted by Crippen LogP contribution is 2.29. The summed E-state index contributed by atoms with van der Waals surface area (Å²) in [7, 11) is 0. The van der Waals surface area contributed by atoms with E-state index < -0.39 is 16.7 Å². The van der Waals surface area contributed by atoms with E-state index in [2.05, 4.69) is 4.90 Å². The van der Waals surface area contributed by atoms with Crippen LogP contribution >= 0.6 is 0 Å². The van der Waals surface area contributed by atoms with Crippen molar-refractivity contribution < 1.29 is 22.9 Å². The maximum atomic E-state index is 12.6. The van der Waals surface area contributed by atoms with Crippen LogP contribution < -0.4 is 0 Å². The van der Waals surface area contributed by atoms with E-state index in [-0.39, 0.29) is 17.2 Å². The minimum absolute atomic E-state index is 0.0358. The molecule has 1 aliphatic heterocycles. The average molecular weight is 393 g/mol. The van der Waals surface area contributed by atoms with Crippen LogP contribution in [-0.4, -0.2) is 46.8 Å². The predicted molar refractivity (Wildman–Crippen MR) is 95.7 cm³/mol. The highest BCUT2D eigenvalue weighted by atomic mass is 19.4. The second-order valence-corrected chi connectivity index (χ2v) is 6.57.